The number of anilines is 1. The molecule has 2 heterocycles. The van der Waals surface area contributed by atoms with E-state index < -0.39 is 5.82 Å². The first-order valence-electron chi connectivity index (χ1n) is 10.2. The van der Waals surface area contributed by atoms with Crippen LogP contribution in [0.3, 0.4) is 0 Å². The molecule has 0 N–H and O–H groups in total. The van der Waals surface area contributed by atoms with E-state index in [1.165, 1.54) is 22.5 Å². The first-order valence-corrected chi connectivity index (χ1v) is 10.2. The van der Waals surface area contributed by atoms with Crippen LogP contribution in [0.4, 0.5) is 10.1 Å². The number of hydrogen-bond acceptors (Lipinski definition) is 6. The van der Waals surface area contributed by atoms with Crippen LogP contribution in [0.25, 0.3) is 0 Å². The smallest absolute Gasteiger partial charge is 0.363 e. The van der Waals surface area contributed by atoms with Crippen molar-refractivity contribution in [2.75, 3.05) is 38.3 Å². The Kier molecular flexibility index (Phi) is 9.15. The molecule has 1 aromatic heterocycles. The molecule has 1 saturated heterocycles. The number of benzene rings is 1. The largest absolute Gasteiger partial charge is 0.375 e. The number of carbonyl (C=O) groups is 1. The summed E-state index contributed by atoms with van der Waals surface area (Å²) >= 11 is 0. The van der Waals surface area contributed by atoms with Gasteiger partial charge in [0.15, 0.2) is 0 Å². The predicted molar refractivity (Wildman–Crippen MR) is 117 cm³/mol. The van der Waals surface area contributed by atoms with Crippen LogP contribution in [0.5, 0.6) is 0 Å². The van der Waals surface area contributed by atoms with Gasteiger partial charge in [0.25, 0.3) is 5.91 Å². The molecule has 1 aliphatic heterocycles. The van der Waals surface area contributed by atoms with Gasteiger partial charge in [0.1, 0.15) is 12.4 Å². The van der Waals surface area contributed by atoms with Crippen LogP contribution in [0.1, 0.15) is 20.3 Å². The van der Waals surface area contributed by atoms with Gasteiger partial charge in [0.05, 0.1) is 12.2 Å². The maximum Gasteiger partial charge on any atom is 0.363 e. The highest BCUT2D eigenvalue weighted by Crippen LogP contribution is 2.29. The summed E-state index contributed by atoms with van der Waals surface area (Å²) in [7, 11) is 1.46. The van der Waals surface area contributed by atoms with Crippen LogP contribution in [-0.2, 0) is 22.6 Å². The van der Waals surface area contributed by atoms with E-state index in [1.807, 2.05) is 6.92 Å². The predicted octanol–water partition coefficient (Wildman–Crippen LogP) is 1.41. The maximum atomic E-state index is 14.5. The minimum Gasteiger partial charge on any atom is -0.375 e. The standard InChI is InChI=1S/C20H29FN6O3.ClH/c1-4-25-20(29)26(23-22-25)12-11-24-10-9-17(15(2)13-24)27(19(28)14-30-3)18-8-6-5-7-16(18)21;/h5-8,15,17H,4,9-14H2,1-3H3;1H/t15-,17+;/m0./s1. The molecule has 1 amide bonds. The maximum absolute atomic E-state index is 14.5. The van der Waals surface area contributed by atoms with Crippen LogP contribution in [0.15, 0.2) is 29.1 Å². The molecule has 1 aliphatic rings. The Labute approximate surface area is 187 Å². The van der Waals surface area contributed by atoms with Crippen molar-refractivity contribution in [1.29, 1.82) is 0 Å². The molecule has 11 heteroatoms. The lowest BCUT2D eigenvalue weighted by atomic mass is 9.91. The highest BCUT2D eigenvalue weighted by molar-refractivity contribution is 5.95. The summed E-state index contributed by atoms with van der Waals surface area (Å²) in [6.45, 7) is 6.87. The van der Waals surface area contributed by atoms with Gasteiger partial charge >= 0.3 is 5.69 Å². The number of amides is 1. The molecule has 0 aliphatic carbocycles. The van der Waals surface area contributed by atoms with Gasteiger partial charge in [-0.25, -0.2) is 9.18 Å². The van der Waals surface area contributed by atoms with Crippen molar-refractivity contribution in [3.63, 3.8) is 0 Å². The summed E-state index contributed by atoms with van der Waals surface area (Å²) in [6, 6.07) is 6.20. The average Bonchev–Trinajstić information content (AvgIpc) is 3.09. The third-order valence-electron chi connectivity index (χ3n) is 5.55. The zero-order chi connectivity index (χ0) is 21.7. The van der Waals surface area contributed by atoms with Crippen molar-refractivity contribution < 1.29 is 13.9 Å². The van der Waals surface area contributed by atoms with Crippen LogP contribution >= 0.6 is 12.4 Å². The Morgan fingerprint density at radius 3 is 2.58 bits per heavy atom. The number of aromatic nitrogens is 4. The minimum atomic E-state index is -0.421. The van der Waals surface area contributed by atoms with E-state index in [0.29, 0.717) is 26.1 Å². The number of nitrogens with zero attached hydrogens (tertiary/aromatic N) is 6. The molecule has 0 radical (unpaired) electrons. The van der Waals surface area contributed by atoms with Crippen molar-refractivity contribution in [2.45, 2.75) is 39.4 Å². The summed E-state index contributed by atoms with van der Waals surface area (Å²) in [5.41, 5.74) is 0.0731. The zero-order valence-corrected chi connectivity index (χ0v) is 18.9. The Balaban J connectivity index is 0.00000341. The quantitative estimate of drug-likeness (QED) is 0.597. The molecule has 0 spiro atoms. The number of hydrogen-bond donors (Lipinski definition) is 0. The first kappa shape index (κ1) is 25.0. The molecule has 2 aromatic rings. The van der Waals surface area contributed by atoms with Crippen molar-refractivity contribution in [1.82, 2.24) is 24.7 Å². The van der Waals surface area contributed by atoms with Gasteiger partial charge in [-0.2, -0.15) is 9.36 Å². The fraction of sp³-hybridized carbons (Fsp3) is 0.600. The van der Waals surface area contributed by atoms with Gasteiger partial charge in [-0.3, -0.25) is 4.79 Å². The zero-order valence-electron chi connectivity index (χ0n) is 18.1. The van der Waals surface area contributed by atoms with Crippen molar-refractivity contribution in [3.05, 3.63) is 40.6 Å². The number of carbonyl (C=O) groups excluding carboxylic acids is 1. The van der Waals surface area contributed by atoms with E-state index in [4.69, 9.17) is 4.74 Å². The fourth-order valence-electron chi connectivity index (χ4n) is 4.03. The van der Waals surface area contributed by atoms with Gasteiger partial charge < -0.3 is 14.5 Å². The van der Waals surface area contributed by atoms with Gasteiger partial charge in [0, 0.05) is 39.3 Å². The molecule has 0 unspecified atom stereocenters. The second-order valence-electron chi connectivity index (χ2n) is 7.58. The van der Waals surface area contributed by atoms with E-state index >= 15 is 0 Å². The van der Waals surface area contributed by atoms with Gasteiger partial charge in [0.2, 0.25) is 0 Å². The Bertz CT molecular complexity index is 920. The van der Waals surface area contributed by atoms with E-state index in [2.05, 4.69) is 22.3 Å². The van der Waals surface area contributed by atoms with E-state index in [0.717, 1.165) is 13.1 Å². The monoisotopic (exact) mass is 456 g/mol. The average molecular weight is 457 g/mol. The van der Waals surface area contributed by atoms with Crippen LogP contribution in [-0.4, -0.2) is 70.0 Å². The Morgan fingerprint density at radius 1 is 1.26 bits per heavy atom. The van der Waals surface area contributed by atoms with E-state index in [1.54, 1.807) is 23.1 Å². The SMILES string of the molecule is CCn1nnn(CCN2CC[C@@H](N(C(=O)COC)c3ccccc3F)[C@@H](C)C2)c1=O.Cl. The summed E-state index contributed by atoms with van der Waals surface area (Å²) < 4.78 is 22.2. The number of piperidine rings is 1. The molecular formula is C20H30ClFN6O3. The number of aryl methyl sites for hydroxylation is 1. The number of halogens is 2. The fourth-order valence-corrected chi connectivity index (χ4v) is 4.03. The Hall–Kier alpha value is -2.30. The second kappa shape index (κ2) is 11.4. The van der Waals surface area contributed by atoms with Crippen molar-refractivity contribution in [2.24, 2.45) is 5.92 Å². The van der Waals surface area contributed by atoms with Gasteiger partial charge in [-0.1, -0.05) is 19.1 Å². The third kappa shape index (κ3) is 5.69. The Morgan fingerprint density at radius 2 is 1.97 bits per heavy atom. The van der Waals surface area contributed by atoms with Gasteiger partial charge in [-0.05, 0) is 41.8 Å². The minimum absolute atomic E-state index is 0. The highest BCUT2D eigenvalue weighted by Gasteiger charge is 2.35. The molecule has 1 fully saturated rings. The molecule has 1 aromatic carbocycles. The molecule has 0 bridgehead atoms. The molecule has 2 atom stereocenters. The topological polar surface area (TPSA) is 85.5 Å². The molecule has 172 valence electrons. The van der Waals surface area contributed by atoms with E-state index in [9.17, 15) is 14.0 Å². The molecule has 3 rings (SSSR count). The molecule has 31 heavy (non-hydrogen) atoms. The number of para-hydroxylation sites is 1. The molecular weight excluding hydrogens is 427 g/mol. The van der Waals surface area contributed by atoms with Crippen LogP contribution in [0.2, 0.25) is 0 Å². The number of rotatable bonds is 8. The molecule has 9 nitrogen and oxygen atoms in total. The number of methoxy groups -OCH3 is 1. The lowest BCUT2D eigenvalue weighted by molar-refractivity contribution is -0.123. The van der Waals surface area contributed by atoms with Crippen LogP contribution < -0.4 is 10.6 Å². The molecule has 0 saturated carbocycles. The first-order chi connectivity index (χ1) is 14.5. The summed E-state index contributed by atoms with van der Waals surface area (Å²) in [6.07, 6.45) is 0.696. The highest BCUT2D eigenvalue weighted by atomic mass is 35.5. The summed E-state index contributed by atoms with van der Waals surface area (Å²) in [5, 5.41) is 7.74. The lowest BCUT2D eigenvalue weighted by Crippen LogP contribution is -2.54. The normalized spacial score (nSPS) is 19.1. The van der Waals surface area contributed by atoms with Crippen molar-refractivity contribution >= 4 is 24.0 Å². The summed E-state index contributed by atoms with van der Waals surface area (Å²) in [5.74, 6) is -0.562. The third-order valence-corrected chi connectivity index (χ3v) is 5.55. The number of likely N-dealkylation sites (tertiary alicyclic amines) is 1. The number of ether oxygens (including phenoxy) is 1. The lowest BCUT2D eigenvalue weighted by Gasteiger charge is -2.42. The van der Waals surface area contributed by atoms with E-state index in [-0.39, 0.29) is 48.3 Å². The second-order valence-corrected chi connectivity index (χ2v) is 7.58. The summed E-state index contributed by atoms with van der Waals surface area (Å²) in [4.78, 5) is 28.6. The van der Waals surface area contributed by atoms with Gasteiger partial charge in [-0.15, -0.1) is 12.4 Å². The van der Waals surface area contributed by atoms with Crippen LogP contribution in [0, 0.1) is 11.7 Å². The number of tetrazole rings is 1. The van der Waals surface area contributed by atoms with Crippen molar-refractivity contribution in [3.8, 4) is 0 Å².